The number of aryl methyl sites for hydroxylation is 1. The number of piperidine rings is 1. The number of likely N-dealkylation sites (tertiary alicyclic amines) is 1. The second kappa shape index (κ2) is 11.0. The molecule has 3 fully saturated rings. The average Bonchev–Trinajstić information content (AvgIpc) is 3.03. The van der Waals surface area contributed by atoms with Gasteiger partial charge in [0.25, 0.3) is 5.91 Å². The molecule has 3 aliphatic rings. The molecule has 2 aromatic heterocycles. The van der Waals surface area contributed by atoms with Crippen LogP contribution in [0.2, 0.25) is 0 Å². The van der Waals surface area contributed by atoms with E-state index < -0.39 is 0 Å². The van der Waals surface area contributed by atoms with Crippen molar-refractivity contribution in [1.82, 2.24) is 25.0 Å². The lowest BCUT2D eigenvalue weighted by Gasteiger charge is -2.33. The maximum absolute atomic E-state index is 13.1. The second-order valence-electron chi connectivity index (χ2n) is 10.3. The Bertz CT molecular complexity index is 954. The van der Waals surface area contributed by atoms with Crippen molar-refractivity contribution in [2.45, 2.75) is 63.8 Å². The number of pyridine rings is 1. The predicted octanol–water partition coefficient (Wildman–Crippen LogP) is 3.36. The topological polar surface area (TPSA) is 75.5 Å². The minimum absolute atomic E-state index is 0.0735. The molecule has 3 aliphatic heterocycles. The van der Waals surface area contributed by atoms with Gasteiger partial charge in [-0.3, -0.25) is 4.79 Å². The third kappa shape index (κ3) is 5.54. The number of hydrogen-bond acceptors (Lipinski definition) is 6. The van der Waals surface area contributed by atoms with Gasteiger partial charge in [0.15, 0.2) is 11.3 Å². The van der Waals surface area contributed by atoms with Gasteiger partial charge in [-0.15, -0.1) is 0 Å². The third-order valence-corrected chi connectivity index (χ3v) is 7.93. The van der Waals surface area contributed by atoms with Crippen LogP contribution in [0.3, 0.4) is 0 Å². The van der Waals surface area contributed by atoms with E-state index in [1.165, 1.54) is 51.5 Å². The summed E-state index contributed by atoms with van der Waals surface area (Å²) in [7, 11) is 1.88. The SMILES string of the molecule is Cn1nc(C(=O)NC2CCN(CCC3CCOCC3)CC2)c2ccc(N3CCCCCC3)nc21. The summed E-state index contributed by atoms with van der Waals surface area (Å²) in [6, 6.07) is 4.31. The molecule has 0 saturated carbocycles. The van der Waals surface area contributed by atoms with E-state index in [9.17, 15) is 4.79 Å². The molecule has 8 heteroatoms. The molecule has 5 heterocycles. The third-order valence-electron chi connectivity index (χ3n) is 7.93. The molecular weight excluding hydrogens is 428 g/mol. The lowest BCUT2D eigenvalue weighted by Crippen LogP contribution is -2.45. The van der Waals surface area contributed by atoms with Crippen LogP contribution in [0, 0.1) is 5.92 Å². The largest absolute Gasteiger partial charge is 0.381 e. The van der Waals surface area contributed by atoms with Crippen molar-refractivity contribution in [3.8, 4) is 0 Å². The van der Waals surface area contributed by atoms with Crippen LogP contribution in [0.15, 0.2) is 12.1 Å². The van der Waals surface area contributed by atoms with Gasteiger partial charge in [0.2, 0.25) is 0 Å². The molecule has 8 nitrogen and oxygen atoms in total. The summed E-state index contributed by atoms with van der Waals surface area (Å²) in [4.78, 5) is 23.0. The van der Waals surface area contributed by atoms with E-state index >= 15 is 0 Å². The summed E-state index contributed by atoms with van der Waals surface area (Å²) in [6.07, 6.45) is 10.7. The smallest absolute Gasteiger partial charge is 0.272 e. The van der Waals surface area contributed by atoms with Crippen LogP contribution in [0.25, 0.3) is 11.0 Å². The van der Waals surface area contributed by atoms with Crippen molar-refractivity contribution < 1.29 is 9.53 Å². The number of carbonyl (C=O) groups excluding carboxylic acids is 1. The molecule has 0 spiro atoms. The average molecular weight is 469 g/mol. The highest BCUT2D eigenvalue weighted by atomic mass is 16.5. The number of hydrogen-bond donors (Lipinski definition) is 1. The first-order valence-electron chi connectivity index (χ1n) is 13.4. The van der Waals surface area contributed by atoms with Crippen LogP contribution in [0.4, 0.5) is 5.82 Å². The maximum atomic E-state index is 13.1. The van der Waals surface area contributed by atoms with E-state index in [4.69, 9.17) is 9.72 Å². The van der Waals surface area contributed by atoms with Crippen molar-refractivity contribution >= 4 is 22.8 Å². The fourth-order valence-electron chi connectivity index (χ4n) is 5.72. The van der Waals surface area contributed by atoms with Crippen LogP contribution in [0.1, 0.15) is 68.3 Å². The minimum atomic E-state index is -0.0735. The Kier molecular flexibility index (Phi) is 7.64. The molecule has 0 bridgehead atoms. The Morgan fingerprint density at radius 1 is 1.03 bits per heavy atom. The van der Waals surface area contributed by atoms with Crippen molar-refractivity contribution in [3.63, 3.8) is 0 Å². The van der Waals surface area contributed by atoms with Gasteiger partial charge in [-0.05, 0) is 69.5 Å². The van der Waals surface area contributed by atoms with E-state index in [0.29, 0.717) is 5.69 Å². The molecule has 1 amide bonds. The van der Waals surface area contributed by atoms with Crippen molar-refractivity contribution in [2.75, 3.05) is 50.8 Å². The van der Waals surface area contributed by atoms with E-state index in [1.54, 1.807) is 4.68 Å². The van der Waals surface area contributed by atoms with E-state index in [2.05, 4.69) is 26.3 Å². The number of anilines is 1. The quantitative estimate of drug-likeness (QED) is 0.701. The van der Waals surface area contributed by atoms with Crippen LogP contribution in [0.5, 0.6) is 0 Å². The number of ether oxygens (including phenoxy) is 1. The monoisotopic (exact) mass is 468 g/mol. The Morgan fingerprint density at radius 2 is 1.76 bits per heavy atom. The number of aromatic nitrogens is 3. The lowest BCUT2D eigenvalue weighted by molar-refractivity contribution is 0.0585. The number of nitrogens with one attached hydrogen (secondary N) is 1. The molecule has 0 radical (unpaired) electrons. The number of rotatable bonds is 6. The molecular formula is C26H40N6O2. The molecule has 3 saturated heterocycles. The number of amides is 1. The number of fused-ring (bicyclic) bond motifs is 1. The molecule has 34 heavy (non-hydrogen) atoms. The van der Waals surface area contributed by atoms with Crippen molar-refractivity contribution in [3.05, 3.63) is 17.8 Å². The van der Waals surface area contributed by atoms with E-state index in [-0.39, 0.29) is 11.9 Å². The fourth-order valence-corrected chi connectivity index (χ4v) is 5.72. The standard InChI is InChI=1S/C26H40N6O2/c1-30-25-22(6-7-23(28-25)32-13-4-2-3-5-14-32)24(29-30)26(33)27-21-9-16-31(17-10-21)15-8-20-11-18-34-19-12-20/h6-7,20-21H,2-5,8-19H2,1H3,(H,27,33). The first-order valence-corrected chi connectivity index (χ1v) is 13.4. The Labute approximate surface area is 203 Å². The summed E-state index contributed by atoms with van der Waals surface area (Å²) in [5.74, 6) is 1.74. The van der Waals surface area contributed by atoms with Crippen LogP contribution < -0.4 is 10.2 Å². The molecule has 1 N–H and O–H groups in total. The van der Waals surface area contributed by atoms with Gasteiger partial charge < -0.3 is 19.9 Å². The van der Waals surface area contributed by atoms with E-state index in [1.807, 2.05) is 13.1 Å². The van der Waals surface area contributed by atoms with Gasteiger partial charge in [-0.2, -0.15) is 5.10 Å². The zero-order valence-corrected chi connectivity index (χ0v) is 20.7. The molecule has 0 unspecified atom stereocenters. The summed E-state index contributed by atoms with van der Waals surface area (Å²) < 4.78 is 7.23. The molecule has 186 valence electrons. The summed E-state index contributed by atoms with van der Waals surface area (Å²) in [5, 5.41) is 8.66. The highest BCUT2D eigenvalue weighted by Crippen LogP contribution is 2.24. The Morgan fingerprint density at radius 3 is 2.50 bits per heavy atom. The molecule has 2 aromatic rings. The number of nitrogens with zero attached hydrogens (tertiary/aromatic N) is 5. The molecule has 0 aromatic carbocycles. The highest BCUT2D eigenvalue weighted by Gasteiger charge is 2.25. The highest BCUT2D eigenvalue weighted by molar-refractivity contribution is 6.04. The maximum Gasteiger partial charge on any atom is 0.272 e. The van der Waals surface area contributed by atoms with Gasteiger partial charge in [0.1, 0.15) is 5.82 Å². The first-order chi connectivity index (χ1) is 16.7. The Hall–Kier alpha value is -2.19. The molecule has 0 atom stereocenters. The molecule has 5 rings (SSSR count). The first kappa shape index (κ1) is 23.5. The molecule has 0 aliphatic carbocycles. The van der Waals surface area contributed by atoms with Crippen LogP contribution >= 0.6 is 0 Å². The van der Waals surface area contributed by atoms with Gasteiger partial charge in [0, 0.05) is 52.5 Å². The number of carbonyl (C=O) groups is 1. The summed E-state index contributed by atoms with van der Waals surface area (Å²) in [5.41, 5.74) is 1.28. The van der Waals surface area contributed by atoms with Crippen molar-refractivity contribution in [1.29, 1.82) is 0 Å². The summed E-state index contributed by atoms with van der Waals surface area (Å²) >= 11 is 0. The van der Waals surface area contributed by atoms with E-state index in [0.717, 1.165) is 75.0 Å². The van der Waals surface area contributed by atoms with Crippen molar-refractivity contribution in [2.24, 2.45) is 13.0 Å². The zero-order chi connectivity index (χ0) is 23.3. The zero-order valence-electron chi connectivity index (χ0n) is 20.7. The normalized spacial score (nSPS) is 21.6. The van der Waals surface area contributed by atoms with Gasteiger partial charge >= 0.3 is 0 Å². The Balaban J connectivity index is 1.16. The van der Waals surface area contributed by atoms with Gasteiger partial charge in [0.05, 0.1) is 5.39 Å². The minimum Gasteiger partial charge on any atom is -0.381 e. The van der Waals surface area contributed by atoms with Crippen LogP contribution in [-0.2, 0) is 11.8 Å². The lowest BCUT2D eigenvalue weighted by atomic mass is 9.95. The second-order valence-corrected chi connectivity index (χ2v) is 10.3. The predicted molar refractivity (Wildman–Crippen MR) is 134 cm³/mol. The summed E-state index contributed by atoms with van der Waals surface area (Å²) in [6.45, 7) is 7.23. The fraction of sp³-hybridized carbons (Fsp3) is 0.731. The van der Waals surface area contributed by atoms with Gasteiger partial charge in [-0.25, -0.2) is 9.67 Å². The van der Waals surface area contributed by atoms with Crippen LogP contribution in [-0.4, -0.2) is 77.6 Å². The van der Waals surface area contributed by atoms with Gasteiger partial charge in [-0.1, -0.05) is 12.8 Å².